The smallest absolute Gasteiger partial charge is 0.140 e. The maximum absolute atomic E-state index is 5.09. The standard InChI is InChI=1S/C25H34N4/c1-5-28-18-22(17-27-13-15-29(16-14-27)20(4)19(2)3)26-25(28)24-12-8-10-21-9-6-7-11-23(21)24/h6-12,18-20H,5,13-17H2,1-4H3. The third-order valence-electron chi connectivity index (χ3n) is 6.53. The Morgan fingerprint density at radius 1 is 0.931 bits per heavy atom. The van der Waals surface area contributed by atoms with Crippen molar-refractivity contribution in [3.05, 3.63) is 54.4 Å². The lowest BCUT2D eigenvalue weighted by molar-refractivity contribution is 0.0799. The molecule has 1 fully saturated rings. The molecule has 1 unspecified atom stereocenters. The van der Waals surface area contributed by atoms with Gasteiger partial charge in [-0.15, -0.1) is 0 Å². The summed E-state index contributed by atoms with van der Waals surface area (Å²) in [6, 6.07) is 15.8. The Hall–Kier alpha value is -2.17. The van der Waals surface area contributed by atoms with Crippen molar-refractivity contribution >= 4 is 10.8 Å². The lowest BCUT2D eigenvalue weighted by Crippen LogP contribution is -2.50. The summed E-state index contributed by atoms with van der Waals surface area (Å²) in [6.07, 6.45) is 2.25. The molecule has 0 spiro atoms. The van der Waals surface area contributed by atoms with Gasteiger partial charge < -0.3 is 4.57 Å². The first-order chi connectivity index (χ1) is 14.1. The Bertz CT molecular complexity index is 945. The van der Waals surface area contributed by atoms with Crippen LogP contribution in [-0.2, 0) is 13.1 Å². The number of hydrogen-bond acceptors (Lipinski definition) is 3. The molecule has 0 N–H and O–H groups in total. The van der Waals surface area contributed by atoms with Crippen molar-refractivity contribution in [2.24, 2.45) is 5.92 Å². The fourth-order valence-electron chi connectivity index (χ4n) is 4.40. The maximum atomic E-state index is 5.09. The van der Waals surface area contributed by atoms with Crippen LogP contribution in [0.4, 0.5) is 0 Å². The molecular formula is C25H34N4. The van der Waals surface area contributed by atoms with Crippen LogP contribution in [0.3, 0.4) is 0 Å². The molecule has 4 nitrogen and oxygen atoms in total. The van der Waals surface area contributed by atoms with E-state index in [0.29, 0.717) is 12.0 Å². The SMILES string of the molecule is CCn1cc(CN2CCN(C(C)C(C)C)CC2)nc1-c1cccc2ccccc12. The first-order valence-corrected chi connectivity index (χ1v) is 11.1. The minimum atomic E-state index is 0.661. The molecule has 154 valence electrons. The van der Waals surface area contributed by atoms with Crippen molar-refractivity contribution in [2.75, 3.05) is 26.2 Å². The first kappa shape index (κ1) is 20.1. The molecule has 1 aromatic heterocycles. The van der Waals surface area contributed by atoms with Gasteiger partial charge >= 0.3 is 0 Å². The second-order valence-corrected chi connectivity index (χ2v) is 8.67. The van der Waals surface area contributed by atoms with E-state index in [1.165, 1.54) is 22.0 Å². The third kappa shape index (κ3) is 4.24. The number of fused-ring (bicyclic) bond motifs is 1. The molecule has 2 heterocycles. The molecule has 0 bridgehead atoms. The molecule has 1 saturated heterocycles. The van der Waals surface area contributed by atoms with Gasteiger partial charge in [-0.3, -0.25) is 9.80 Å². The molecule has 1 aliphatic rings. The molecule has 4 heteroatoms. The van der Waals surface area contributed by atoms with Crippen molar-refractivity contribution in [1.82, 2.24) is 19.4 Å². The van der Waals surface area contributed by atoms with Crippen LogP contribution >= 0.6 is 0 Å². The van der Waals surface area contributed by atoms with Crippen molar-refractivity contribution in [2.45, 2.75) is 46.8 Å². The van der Waals surface area contributed by atoms with Crippen molar-refractivity contribution < 1.29 is 0 Å². The van der Waals surface area contributed by atoms with Gasteiger partial charge in [0.25, 0.3) is 0 Å². The van der Waals surface area contributed by atoms with E-state index in [2.05, 4.69) is 90.7 Å². The van der Waals surface area contributed by atoms with Crippen LogP contribution < -0.4 is 0 Å². The van der Waals surface area contributed by atoms with Gasteiger partial charge in [-0.05, 0) is 30.5 Å². The molecule has 0 saturated carbocycles. The number of benzene rings is 2. The first-order valence-electron chi connectivity index (χ1n) is 11.1. The summed E-state index contributed by atoms with van der Waals surface area (Å²) < 4.78 is 2.30. The summed E-state index contributed by atoms with van der Waals surface area (Å²) in [4.78, 5) is 10.3. The Morgan fingerprint density at radius 3 is 2.38 bits per heavy atom. The summed E-state index contributed by atoms with van der Waals surface area (Å²) in [6.45, 7) is 15.6. The minimum Gasteiger partial charge on any atom is -0.331 e. The second kappa shape index (κ2) is 8.68. The van der Waals surface area contributed by atoms with Crippen molar-refractivity contribution in [3.63, 3.8) is 0 Å². The van der Waals surface area contributed by atoms with Crippen LogP contribution in [0.25, 0.3) is 22.2 Å². The summed E-state index contributed by atoms with van der Waals surface area (Å²) in [5.74, 6) is 1.80. The van der Waals surface area contributed by atoms with E-state index in [9.17, 15) is 0 Å². The molecule has 2 aromatic carbocycles. The average Bonchev–Trinajstić information content (AvgIpc) is 3.16. The minimum absolute atomic E-state index is 0.661. The normalized spacial score (nSPS) is 17.3. The van der Waals surface area contributed by atoms with Gasteiger partial charge in [-0.2, -0.15) is 0 Å². The molecule has 1 aliphatic heterocycles. The predicted octanol–water partition coefficient (Wildman–Crippen LogP) is 4.89. The molecule has 0 radical (unpaired) electrons. The zero-order chi connectivity index (χ0) is 20.4. The predicted molar refractivity (Wildman–Crippen MR) is 122 cm³/mol. The van der Waals surface area contributed by atoms with Crippen LogP contribution in [0.5, 0.6) is 0 Å². The summed E-state index contributed by atoms with van der Waals surface area (Å²) in [5.41, 5.74) is 2.41. The number of aryl methyl sites for hydroxylation is 1. The number of imidazole rings is 1. The van der Waals surface area contributed by atoms with E-state index >= 15 is 0 Å². The largest absolute Gasteiger partial charge is 0.331 e. The number of hydrogen-bond donors (Lipinski definition) is 0. The van der Waals surface area contributed by atoms with Gasteiger partial charge in [0.2, 0.25) is 0 Å². The number of rotatable bonds is 6. The van der Waals surface area contributed by atoms with Crippen LogP contribution in [-0.4, -0.2) is 51.6 Å². The fraction of sp³-hybridized carbons (Fsp3) is 0.480. The highest BCUT2D eigenvalue weighted by atomic mass is 15.3. The van der Waals surface area contributed by atoms with Gasteiger partial charge in [0, 0.05) is 57.1 Å². The molecular weight excluding hydrogens is 356 g/mol. The Labute approximate surface area is 175 Å². The summed E-state index contributed by atoms with van der Waals surface area (Å²) in [7, 11) is 0. The van der Waals surface area contributed by atoms with Gasteiger partial charge in [0.15, 0.2) is 0 Å². The Morgan fingerprint density at radius 2 is 1.66 bits per heavy atom. The second-order valence-electron chi connectivity index (χ2n) is 8.67. The van der Waals surface area contributed by atoms with E-state index in [1.807, 2.05) is 0 Å². The Balaban J connectivity index is 1.52. The highest BCUT2D eigenvalue weighted by molar-refractivity contribution is 5.95. The highest BCUT2D eigenvalue weighted by Gasteiger charge is 2.23. The van der Waals surface area contributed by atoms with Gasteiger partial charge in [0.1, 0.15) is 5.82 Å². The molecule has 29 heavy (non-hydrogen) atoms. The van der Waals surface area contributed by atoms with Crippen LogP contribution in [0.1, 0.15) is 33.4 Å². The van der Waals surface area contributed by atoms with E-state index in [-0.39, 0.29) is 0 Å². The molecule has 0 aliphatic carbocycles. The molecule has 4 rings (SSSR count). The Kier molecular flexibility index (Phi) is 6.02. The van der Waals surface area contributed by atoms with Crippen LogP contribution in [0, 0.1) is 5.92 Å². The van der Waals surface area contributed by atoms with Gasteiger partial charge in [0.05, 0.1) is 5.69 Å². The number of piperazine rings is 1. The third-order valence-corrected chi connectivity index (χ3v) is 6.53. The van der Waals surface area contributed by atoms with Crippen LogP contribution in [0.2, 0.25) is 0 Å². The highest BCUT2D eigenvalue weighted by Crippen LogP contribution is 2.28. The lowest BCUT2D eigenvalue weighted by Gasteiger charge is -2.39. The van der Waals surface area contributed by atoms with Crippen LogP contribution in [0.15, 0.2) is 48.7 Å². The summed E-state index contributed by atoms with van der Waals surface area (Å²) in [5, 5.41) is 2.55. The van der Waals surface area contributed by atoms with Crippen molar-refractivity contribution in [3.8, 4) is 11.4 Å². The molecule has 3 aromatic rings. The monoisotopic (exact) mass is 390 g/mol. The van der Waals surface area contributed by atoms with E-state index in [4.69, 9.17) is 4.98 Å². The lowest BCUT2D eigenvalue weighted by atomic mass is 10.0. The van der Waals surface area contributed by atoms with E-state index < -0.39 is 0 Å². The topological polar surface area (TPSA) is 24.3 Å². The molecule has 0 amide bonds. The number of aromatic nitrogens is 2. The quantitative estimate of drug-likeness (QED) is 0.599. The average molecular weight is 391 g/mol. The fourth-order valence-corrected chi connectivity index (χ4v) is 4.40. The van der Waals surface area contributed by atoms with Crippen molar-refractivity contribution in [1.29, 1.82) is 0 Å². The van der Waals surface area contributed by atoms with E-state index in [0.717, 1.165) is 45.1 Å². The van der Waals surface area contributed by atoms with Gasteiger partial charge in [-0.1, -0.05) is 56.3 Å². The van der Waals surface area contributed by atoms with E-state index in [1.54, 1.807) is 0 Å². The van der Waals surface area contributed by atoms with Gasteiger partial charge in [-0.25, -0.2) is 4.98 Å². The number of nitrogens with zero attached hydrogens (tertiary/aromatic N) is 4. The zero-order valence-electron chi connectivity index (χ0n) is 18.3. The maximum Gasteiger partial charge on any atom is 0.140 e. The summed E-state index contributed by atoms with van der Waals surface area (Å²) >= 11 is 0. The molecule has 1 atom stereocenters. The zero-order valence-corrected chi connectivity index (χ0v) is 18.3.